The monoisotopic (exact) mass is 292 g/mol. The van der Waals surface area contributed by atoms with Crippen LogP contribution < -0.4 is 4.74 Å². The van der Waals surface area contributed by atoms with Crippen LogP contribution in [0.2, 0.25) is 0 Å². The summed E-state index contributed by atoms with van der Waals surface area (Å²) in [6.07, 6.45) is 1.97. The fourth-order valence-corrected chi connectivity index (χ4v) is 3.20. The Morgan fingerprint density at radius 2 is 2.05 bits per heavy atom. The second-order valence-corrected chi connectivity index (χ2v) is 6.31. The van der Waals surface area contributed by atoms with Crippen molar-refractivity contribution in [1.82, 2.24) is 9.80 Å². The summed E-state index contributed by atoms with van der Waals surface area (Å²) < 4.78 is 5.46. The van der Waals surface area contributed by atoms with Gasteiger partial charge in [-0.15, -0.1) is 0 Å². The van der Waals surface area contributed by atoms with Crippen molar-refractivity contribution in [3.05, 3.63) is 29.8 Å². The first-order valence-corrected chi connectivity index (χ1v) is 7.82. The molecule has 4 nitrogen and oxygen atoms in total. The van der Waals surface area contributed by atoms with Gasteiger partial charge in [-0.05, 0) is 58.1 Å². The maximum Gasteiger partial charge on any atom is 0.119 e. The molecular formula is C17H28N2O2. The molecule has 1 aliphatic heterocycles. The molecule has 4 heteroatoms. The molecule has 0 aromatic heterocycles. The average molecular weight is 292 g/mol. The lowest BCUT2D eigenvalue weighted by molar-refractivity contribution is -0.0441. The molecule has 1 unspecified atom stereocenters. The van der Waals surface area contributed by atoms with Gasteiger partial charge in [0.25, 0.3) is 0 Å². The first kappa shape index (κ1) is 16.3. The Kier molecular flexibility index (Phi) is 5.62. The fraction of sp³-hybridized carbons (Fsp3) is 0.647. The van der Waals surface area contributed by atoms with E-state index in [0.29, 0.717) is 13.2 Å². The van der Waals surface area contributed by atoms with Crippen LogP contribution in [0, 0.1) is 0 Å². The van der Waals surface area contributed by atoms with Gasteiger partial charge < -0.3 is 14.7 Å². The molecule has 2 rings (SSSR count). The zero-order valence-electron chi connectivity index (χ0n) is 13.5. The number of β-amino-alcohol motifs (C(OH)–C–C–N with tert-alkyl or cyclic N) is 1. The van der Waals surface area contributed by atoms with Gasteiger partial charge in [0.1, 0.15) is 5.75 Å². The normalized spacial score (nSPS) is 23.5. The van der Waals surface area contributed by atoms with Crippen molar-refractivity contribution in [3.8, 4) is 5.75 Å². The van der Waals surface area contributed by atoms with Gasteiger partial charge in [-0.2, -0.15) is 0 Å². The van der Waals surface area contributed by atoms with Crippen LogP contribution in [0.1, 0.15) is 25.3 Å². The van der Waals surface area contributed by atoms with Crippen molar-refractivity contribution in [3.63, 3.8) is 0 Å². The lowest BCUT2D eigenvalue weighted by atomic mass is 9.92. The molecule has 118 valence electrons. The molecule has 0 amide bonds. The highest BCUT2D eigenvalue weighted by molar-refractivity contribution is 5.27. The number of benzene rings is 1. The van der Waals surface area contributed by atoms with Crippen LogP contribution in [0.5, 0.6) is 5.75 Å². The zero-order chi connectivity index (χ0) is 15.3. The van der Waals surface area contributed by atoms with Crippen LogP contribution in [0.15, 0.2) is 24.3 Å². The molecule has 0 bridgehead atoms. The van der Waals surface area contributed by atoms with E-state index in [0.717, 1.165) is 38.2 Å². The van der Waals surface area contributed by atoms with Gasteiger partial charge in [0.05, 0.1) is 12.2 Å². The number of nitrogens with zero attached hydrogens (tertiary/aromatic N) is 2. The predicted molar refractivity (Wildman–Crippen MR) is 85.6 cm³/mol. The maximum absolute atomic E-state index is 10.7. The number of ether oxygens (including phenoxy) is 1. The number of piperidine rings is 1. The van der Waals surface area contributed by atoms with E-state index in [1.807, 2.05) is 19.1 Å². The molecule has 21 heavy (non-hydrogen) atoms. The van der Waals surface area contributed by atoms with Gasteiger partial charge in [0.2, 0.25) is 0 Å². The summed E-state index contributed by atoms with van der Waals surface area (Å²) in [5, 5.41) is 10.7. The van der Waals surface area contributed by atoms with E-state index in [1.165, 1.54) is 5.56 Å². The van der Waals surface area contributed by atoms with E-state index in [9.17, 15) is 5.11 Å². The van der Waals surface area contributed by atoms with Crippen molar-refractivity contribution in [2.75, 3.05) is 40.3 Å². The minimum absolute atomic E-state index is 0.576. The fourth-order valence-electron chi connectivity index (χ4n) is 3.20. The van der Waals surface area contributed by atoms with Gasteiger partial charge in [0.15, 0.2) is 0 Å². The highest BCUT2D eigenvalue weighted by Crippen LogP contribution is 2.22. The Hall–Kier alpha value is -1.10. The van der Waals surface area contributed by atoms with Crippen LogP contribution in [-0.2, 0) is 6.54 Å². The third kappa shape index (κ3) is 4.99. The van der Waals surface area contributed by atoms with Gasteiger partial charge >= 0.3 is 0 Å². The maximum atomic E-state index is 10.7. The summed E-state index contributed by atoms with van der Waals surface area (Å²) >= 11 is 0. The summed E-state index contributed by atoms with van der Waals surface area (Å²) in [5.74, 6) is 0.913. The summed E-state index contributed by atoms with van der Waals surface area (Å²) in [6.45, 7) is 6.10. The quantitative estimate of drug-likeness (QED) is 0.869. The van der Waals surface area contributed by atoms with E-state index in [1.54, 1.807) is 0 Å². The SMILES string of the molecule is CCOc1ccc(CN(C)CC2(O)CCCN(C)C2)cc1. The molecule has 1 aliphatic rings. The molecule has 0 saturated carbocycles. The van der Waals surface area contributed by atoms with E-state index in [2.05, 4.69) is 36.0 Å². The molecular weight excluding hydrogens is 264 g/mol. The van der Waals surface area contributed by atoms with Crippen LogP contribution in [0.25, 0.3) is 0 Å². The van der Waals surface area contributed by atoms with Crippen molar-refractivity contribution in [2.45, 2.75) is 31.9 Å². The molecule has 1 saturated heterocycles. The zero-order valence-corrected chi connectivity index (χ0v) is 13.5. The Morgan fingerprint density at radius 1 is 1.33 bits per heavy atom. The molecule has 0 aliphatic carbocycles. The molecule has 1 N–H and O–H groups in total. The van der Waals surface area contributed by atoms with Crippen LogP contribution >= 0.6 is 0 Å². The van der Waals surface area contributed by atoms with E-state index < -0.39 is 5.60 Å². The first-order valence-electron chi connectivity index (χ1n) is 7.82. The van der Waals surface area contributed by atoms with Gasteiger partial charge in [-0.1, -0.05) is 12.1 Å². The topological polar surface area (TPSA) is 35.9 Å². The highest BCUT2D eigenvalue weighted by Gasteiger charge is 2.32. The van der Waals surface area contributed by atoms with E-state index in [4.69, 9.17) is 4.74 Å². The Balaban J connectivity index is 1.87. The minimum atomic E-state index is -0.576. The number of hydrogen-bond donors (Lipinski definition) is 1. The summed E-state index contributed by atoms with van der Waals surface area (Å²) in [5.41, 5.74) is 0.668. The van der Waals surface area contributed by atoms with Crippen molar-refractivity contribution in [2.24, 2.45) is 0 Å². The molecule has 1 atom stereocenters. The molecule has 1 heterocycles. The minimum Gasteiger partial charge on any atom is -0.494 e. The van der Waals surface area contributed by atoms with Gasteiger partial charge in [0, 0.05) is 19.6 Å². The summed E-state index contributed by atoms with van der Waals surface area (Å²) in [6, 6.07) is 8.21. The standard InChI is InChI=1S/C17H28N2O2/c1-4-21-16-8-6-15(7-9-16)12-19(3)14-17(20)10-5-11-18(2)13-17/h6-9,20H,4-5,10-14H2,1-3H3. The van der Waals surface area contributed by atoms with Crippen molar-refractivity contribution < 1.29 is 9.84 Å². The van der Waals surface area contributed by atoms with Crippen LogP contribution in [0.3, 0.4) is 0 Å². The summed E-state index contributed by atoms with van der Waals surface area (Å²) in [7, 11) is 4.15. The molecule has 0 spiro atoms. The molecule has 1 aromatic carbocycles. The molecule has 1 fully saturated rings. The molecule has 1 aromatic rings. The smallest absolute Gasteiger partial charge is 0.119 e. The molecule has 0 radical (unpaired) electrons. The van der Waals surface area contributed by atoms with Crippen molar-refractivity contribution >= 4 is 0 Å². The van der Waals surface area contributed by atoms with E-state index >= 15 is 0 Å². The average Bonchev–Trinajstić information content (AvgIpc) is 2.40. The Morgan fingerprint density at radius 3 is 2.67 bits per heavy atom. The summed E-state index contributed by atoms with van der Waals surface area (Å²) in [4.78, 5) is 4.42. The largest absolute Gasteiger partial charge is 0.494 e. The highest BCUT2D eigenvalue weighted by atomic mass is 16.5. The Bertz CT molecular complexity index is 435. The van der Waals surface area contributed by atoms with Gasteiger partial charge in [-0.25, -0.2) is 0 Å². The lowest BCUT2D eigenvalue weighted by Crippen LogP contribution is -2.52. The first-order chi connectivity index (χ1) is 10.0. The van der Waals surface area contributed by atoms with Crippen LogP contribution in [0.4, 0.5) is 0 Å². The van der Waals surface area contributed by atoms with Gasteiger partial charge in [-0.3, -0.25) is 4.90 Å². The number of likely N-dealkylation sites (N-methyl/N-ethyl adjacent to an activating group) is 2. The third-order valence-electron chi connectivity index (χ3n) is 4.00. The van der Waals surface area contributed by atoms with Crippen LogP contribution in [-0.4, -0.2) is 60.8 Å². The van der Waals surface area contributed by atoms with Crippen molar-refractivity contribution in [1.29, 1.82) is 0 Å². The second-order valence-electron chi connectivity index (χ2n) is 6.31. The van der Waals surface area contributed by atoms with E-state index in [-0.39, 0.29) is 0 Å². The number of rotatable bonds is 6. The number of aliphatic hydroxyl groups is 1. The number of hydrogen-bond acceptors (Lipinski definition) is 4. The predicted octanol–water partition coefficient (Wildman–Crippen LogP) is 1.97. The second kappa shape index (κ2) is 7.25. The number of likely N-dealkylation sites (tertiary alicyclic amines) is 1. The Labute approximate surface area is 128 Å². The third-order valence-corrected chi connectivity index (χ3v) is 4.00. The lowest BCUT2D eigenvalue weighted by Gasteiger charge is -2.39.